The summed E-state index contributed by atoms with van der Waals surface area (Å²) in [6.45, 7) is 9.42. The summed E-state index contributed by atoms with van der Waals surface area (Å²) in [6.07, 6.45) is 3.93. The predicted molar refractivity (Wildman–Crippen MR) is 109 cm³/mol. The normalized spacial score (nSPS) is 24.3. The number of hydrogen-bond donors (Lipinski definition) is 2. The Morgan fingerprint density at radius 1 is 1.31 bits per heavy atom. The van der Waals surface area contributed by atoms with E-state index < -0.39 is 0 Å². The third kappa shape index (κ3) is 5.47. The van der Waals surface area contributed by atoms with Crippen molar-refractivity contribution in [2.24, 2.45) is 29.4 Å². The summed E-state index contributed by atoms with van der Waals surface area (Å²) in [6, 6.07) is 5.96. The van der Waals surface area contributed by atoms with Crippen molar-refractivity contribution in [1.29, 1.82) is 0 Å². The van der Waals surface area contributed by atoms with Crippen LogP contribution in [0.4, 0.5) is 5.69 Å². The number of Topliss-reactive ketones (excluding diaryl/α,β-unsaturated/α-hetero) is 1. The highest BCUT2D eigenvalue weighted by Gasteiger charge is 2.35. The largest absolute Gasteiger partial charge is 0.497 e. The van der Waals surface area contributed by atoms with Gasteiger partial charge in [-0.05, 0) is 49.1 Å². The van der Waals surface area contributed by atoms with Crippen LogP contribution in [-0.2, 0) is 11.2 Å². The number of ketones is 1. The number of nitrogens with two attached hydrogens (primary N) is 1. The lowest BCUT2D eigenvalue weighted by molar-refractivity contribution is -0.126. The average Bonchev–Trinajstić information content (AvgIpc) is 2.60. The van der Waals surface area contributed by atoms with Crippen molar-refractivity contribution in [1.82, 2.24) is 0 Å². The summed E-state index contributed by atoms with van der Waals surface area (Å²) < 4.78 is 5.34. The van der Waals surface area contributed by atoms with Gasteiger partial charge in [-0.25, -0.2) is 0 Å². The lowest BCUT2D eigenvalue weighted by Gasteiger charge is -2.36. The highest BCUT2D eigenvalue weighted by molar-refractivity contribution is 5.85. The average molecular weight is 361 g/mol. The summed E-state index contributed by atoms with van der Waals surface area (Å²) >= 11 is 0. The summed E-state index contributed by atoms with van der Waals surface area (Å²) in [5.74, 6) is 3.07. The zero-order valence-electron chi connectivity index (χ0n) is 17.0. The molecule has 3 N–H and O–H groups in total. The lowest BCUT2D eigenvalue weighted by atomic mass is 9.68. The second kappa shape index (κ2) is 9.40. The number of methoxy groups -OCH3 is 1. The number of carbonyl (C=O) groups excluding carboxylic acids is 1. The fourth-order valence-corrected chi connectivity index (χ4v) is 4.16. The van der Waals surface area contributed by atoms with E-state index in [-0.39, 0.29) is 12.0 Å². The summed E-state index contributed by atoms with van der Waals surface area (Å²) in [4.78, 5) is 13.2. The van der Waals surface area contributed by atoms with Gasteiger partial charge in [0.05, 0.1) is 7.11 Å². The van der Waals surface area contributed by atoms with E-state index >= 15 is 0 Å². The standard InChI is InChI=1S/C22H36N2O2/c1-14(2)19-9-6-15(3)10-20(19)22(25)11-17-7-8-18(26-5)12-21(17)24-13-16(4)23/h7-8,12,14-16,19-20,24H,6,9-11,13,23H2,1-5H3/t15-,16-,19+,20-/m1/s1. The van der Waals surface area contributed by atoms with Gasteiger partial charge in [0.2, 0.25) is 0 Å². The minimum atomic E-state index is 0.0502. The highest BCUT2D eigenvalue weighted by atomic mass is 16.5. The Labute approximate surface area is 158 Å². The van der Waals surface area contributed by atoms with E-state index in [1.54, 1.807) is 7.11 Å². The molecular weight excluding hydrogens is 324 g/mol. The predicted octanol–water partition coefficient (Wildman–Crippen LogP) is 4.27. The van der Waals surface area contributed by atoms with Crippen molar-refractivity contribution in [3.63, 3.8) is 0 Å². The van der Waals surface area contributed by atoms with E-state index in [2.05, 4.69) is 26.1 Å². The van der Waals surface area contributed by atoms with Crippen LogP contribution in [0.5, 0.6) is 5.75 Å². The van der Waals surface area contributed by atoms with Gasteiger partial charge < -0.3 is 15.8 Å². The van der Waals surface area contributed by atoms with E-state index in [0.29, 0.717) is 36.5 Å². The second-order valence-corrected chi connectivity index (χ2v) is 8.46. The number of rotatable bonds is 8. The molecule has 0 spiro atoms. The van der Waals surface area contributed by atoms with Gasteiger partial charge in [-0.2, -0.15) is 0 Å². The van der Waals surface area contributed by atoms with Gasteiger partial charge >= 0.3 is 0 Å². The molecule has 1 aliphatic carbocycles. The van der Waals surface area contributed by atoms with Crippen molar-refractivity contribution >= 4 is 11.5 Å². The number of benzene rings is 1. The molecule has 26 heavy (non-hydrogen) atoms. The molecule has 2 rings (SSSR count). The molecule has 0 unspecified atom stereocenters. The van der Waals surface area contributed by atoms with Gasteiger partial charge in [0.1, 0.15) is 11.5 Å². The number of ether oxygens (including phenoxy) is 1. The van der Waals surface area contributed by atoms with Crippen LogP contribution in [-0.4, -0.2) is 25.5 Å². The first-order chi connectivity index (χ1) is 12.3. The van der Waals surface area contributed by atoms with Crippen LogP contribution in [0.1, 0.15) is 52.5 Å². The fourth-order valence-electron chi connectivity index (χ4n) is 4.16. The molecule has 0 aliphatic heterocycles. The van der Waals surface area contributed by atoms with Crippen molar-refractivity contribution in [2.45, 2.75) is 59.4 Å². The highest BCUT2D eigenvalue weighted by Crippen LogP contribution is 2.39. The molecule has 0 bridgehead atoms. The first kappa shape index (κ1) is 20.8. The SMILES string of the molecule is COc1ccc(CC(=O)[C@@H]2C[C@H](C)CC[C@H]2C(C)C)c(NC[C@@H](C)N)c1. The maximum atomic E-state index is 13.2. The molecule has 4 atom stereocenters. The minimum absolute atomic E-state index is 0.0502. The third-order valence-electron chi connectivity index (χ3n) is 5.73. The van der Waals surface area contributed by atoms with Crippen LogP contribution < -0.4 is 15.8 Å². The van der Waals surface area contributed by atoms with Crippen LogP contribution in [0, 0.1) is 23.7 Å². The van der Waals surface area contributed by atoms with Gasteiger partial charge in [0.15, 0.2) is 0 Å². The fraction of sp³-hybridized carbons (Fsp3) is 0.682. The lowest BCUT2D eigenvalue weighted by Crippen LogP contribution is -2.34. The maximum Gasteiger partial charge on any atom is 0.140 e. The van der Waals surface area contributed by atoms with Crippen LogP contribution in [0.15, 0.2) is 18.2 Å². The second-order valence-electron chi connectivity index (χ2n) is 8.46. The Morgan fingerprint density at radius 2 is 2.04 bits per heavy atom. The van der Waals surface area contributed by atoms with Gasteiger partial charge in [0, 0.05) is 36.7 Å². The summed E-state index contributed by atoms with van der Waals surface area (Å²) in [5.41, 5.74) is 7.88. The first-order valence-electron chi connectivity index (χ1n) is 10.0. The van der Waals surface area contributed by atoms with E-state index in [1.807, 2.05) is 25.1 Å². The minimum Gasteiger partial charge on any atom is -0.497 e. The van der Waals surface area contributed by atoms with Gasteiger partial charge in [-0.15, -0.1) is 0 Å². The zero-order chi connectivity index (χ0) is 19.3. The maximum absolute atomic E-state index is 13.2. The van der Waals surface area contributed by atoms with Crippen LogP contribution in [0.25, 0.3) is 0 Å². The number of hydrogen-bond acceptors (Lipinski definition) is 4. The van der Waals surface area contributed by atoms with Gasteiger partial charge in [-0.3, -0.25) is 4.79 Å². The van der Waals surface area contributed by atoms with Crippen molar-refractivity contribution in [3.05, 3.63) is 23.8 Å². The molecule has 4 heteroatoms. The quantitative estimate of drug-likeness (QED) is 0.726. The van der Waals surface area contributed by atoms with Gasteiger partial charge in [-0.1, -0.05) is 33.3 Å². The third-order valence-corrected chi connectivity index (χ3v) is 5.73. The van der Waals surface area contributed by atoms with E-state index in [4.69, 9.17) is 10.5 Å². The molecule has 1 aliphatic rings. The van der Waals surface area contributed by atoms with Gasteiger partial charge in [0.25, 0.3) is 0 Å². The first-order valence-corrected chi connectivity index (χ1v) is 10.0. The van der Waals surface area contributed by atoms with Crippen LogP contribution in [0.3, 0.4) is 0 Å². The zero-order valence-corrected chi connectivity index (χ0v) is 17.0. The summed E-state index contributed by atoms with van der Waals surface area (Å²) in [7, 11) is 1.66. The molecule has 1 fully saturated rings. The Kier molecular flexibility index (Phi) is 7.51. The Hall–Kier alpha value is -1.55. The van der Waals surface area contributed by atoms with Crippen molar-refractivity contribution in [3.8, 4) is 5.75 Å². The molecule has 0 heterocycles. The molecule has 0 amide bonds. The van der Waals surface area contributed by atoms with Crippen molar-refractivity contribution in [2.75, 3.05) is 19.0 Å². The Bertz CT molecular complexity index is 598. The monoisotopic (exact) mass is 360 g/mol. The molecule has 1 saturated carbocycles. The molecule has 146 valence electrons. The molecule has 1 aromatic carbocycles. The number of nitrogens with one attached hydrogen (secondary N) is 1. The number of anilines is 1. The van der Waals surface area contributed by atoms with E-state index in [1.165, 1.54) is 12.8 Å². The van der Waals surface area contributed by atoms with Crippen LogP contribution >= 0.6 is 0 Å². The van der Waals surface area contributed by atoms with Crippen LogP contribution in [0.2, 0.25) is 0 Å². The smallest absolute Gasteiger partial charge is 0.140 e. The molecule has 0 saturated heterocycles. The Morgan fingerprint density at radius 3 is 2.65 bits per heavy atom. The summed E-state index contributed by atoms with van der Waals surface area (Å²) in [5, 5.41) is 3.38. The molecular formula is C22H36N2O2. The molecule has 0 radical (unpaired) electrons. The van der Waals surface area contributed by atoms with Crippen molar-refractivity contribution < 1.29 is 9.53 Å². The number of carbonyl (C=O) groups is 1. The topological polar surface area (TPSA) is 64.3 Å². The molecule has 0 aromatic heterocycles. The van der Waals surface area contributed by atoms with E-state index in [9.17, 15) is 4.79 Å². The van der Waals surface area contributed by atoms with E-state index in [0.717, 1.165) is 23.4 Å². The molecule has 4 nitrogen and oxygen atoms in total. The Balaban J connectivity index is 2.18. The molecule has 1 aromatic rings.